The molecule has 1 rings (SSSR count). The van der Waals surface area contributed by atoms with E-state index in [1.807, 2.05) is 0 Å². The van der Waals surface area contributed by atoms with Crippen molar-refractivity contribution in [3.8, 4) is 0 Å². The third kappa shape index (κ3) is 1.94. The predicted octanol–water partition coefficient (Wildman–Crippen LogP) is -0.986. The van der Waals surface area contributed by atoms with Crippen molar-refractivity contribution in [2.24, 2.45) is 0 Å². The molecule has 0 saturated carbocycles. The van der Waals surface area contributed by atoms with Gasteiger partial charge in [0.15, 0.2) is 0 Å². The van der Waals surface area contributed by atoms with Gasteiger partial charge in [0.1, 0.15) is 0 Å². The number of aliphatic hydroxyl groups is 3. The van der Waals surface area contributed by atoms with Crippen LogP contribution in [0.3, 0.4) is 0 Å². The van der Waals surface area contributed by atoms with E-state index in [-0.39, 0.29) is 0 Å². The summed E-state index contributed by atoms with van der Waals surface area (Å²) in [5.74, 6) is 0. The Balaban J connectivity index is 2.46. The Kier molecular flexibility index (Phi) is 3.14. The van der Waals surface area contributed by atoms with Crippen molar-refractivity contribution in [2.45, 2.75) is 35.4 Å². The third-order valence-electron chi connectivity index (χ3n) is 1.64. The predicted molar refractivity (Wildman–Crippen MR) is 38.0 cm³/mol. The van der Waals surface area contributed by atoms with Crippen LogP contribution in [0.1, 0.15) is 6.42 Å². The standard InChI is InChI=1S/C6H12O3Se/c7-4-1-2-10-3-5(8)6(4)9/h4-9H,1-3H2. The van der Waals surface area contributed by atoms with Crippen molar-refractivity contribution in [1.82, 2.24) is 0 Å². The fourth-order valence-corrected chi connectivity index (χ4v) is 3.06. The van der Waals surface area contributed by atoms with E-state index in [0.717, 1.165) is 5.32 Å². The molecule has 3 unspecified atom stereocenters. The van der Waals surface area contributed by atoms with Crippen LogP contribution >= 0.6 is 0 Å². The van der Waals surface area contributed by atoms with Crippen molar-refractivity contribution < 1.29 is 15.3 Å². The molecule has 0 aromatic heterocycles. The molecule has 0 aromatic carbocycles. The van der Waals surface area contributed by atoms with Crippen LogP contribution < -0.4 is 0 Å². The van der Waals surface area contributed by atoms with Gasteiger partial charge in [-0.1, -0.05) is 0 Å². The summed E-state index contributed by atoms with van der Waals surface area (Å²) in [6, 6.07) is 0. The van der Waals surface area contributed by atoms with Crippen LogP contribution in [0.2, 0.25) is 10.6 Å². The van der Waals surface area contributed by atoms with E-state index >= 15 is 0 Å². The Labute approximate surface area is 66.2 Å². The van der Waals surface area contributed by atoms with Gasteiger partial charge in [0.25, 0.3) is 0 Å². The molecule has 0 radical (unpaired) electrons. The van der Waals surface area contributed by atoms with Crippen LogP contribution in [0.4, 0.5) is 0 Å². The van der Waals surface area contributed by atoms with Crippen molar-refractivity contribution in [2.75, 3.05) is 0 Å². The zero-order valence-electron chi connectivity index (χ0n) is 5.60. The normalized spacial score (nSPS) is 42.9. The molecule has 1 fully saturated rings. The maximum absolute atomic E-state index is 9.14. The van der Waals surface area contributed by atoms with E-state index in [1.165, 1.54) is 0 Å². The fourth-order valence-electron chi connectivity index (χ4n) is 0.934. The Morgan fingerprint density at radius 2 is 1.80 bits per heavy atom. The van der Waals surface area contributed by atoms with Gasteiger partial charge in [0, 0.05) is 0 Å². The third-order valence-corrected chi connectivity index (χ3v) is 3.95. The van der Waals surface area contributed by atoms with Crippen molar-refractivity contribution in [3.63, 3.8) is 0 Å². The van der Waals surface area contributed by atoms with Gasteiger partial charge >= 0.3 is 65.6 Å². The summed E-state index contributed by atoms with van der Waals surface area (Å²) in [5.41, 5.74) is 0. The number of aliphatic hydroxyl groups excluding tert-OH is 3. The fraction of sp³-hybridized carbons (Fsp3) is 1.00. The summed E-state index contributed by atoms with van der Waals surface area (Å²) in [6.07, 6.45) is -1.68. The summed E-state index contributed by atoms with van der Waals surface area (Å²) in [7, 11) is 0. The number of rotatable bonds is 0. The zero-order valence-corrected chi connectivity index (χ0v) is 7.32. The quantitative estimate of drug-likeness (QED) is 0.451. The molecule has 60 valence electrons. The Morgan fingerprint density at radius 1 is 1.10 bits per heavy atom. The van der Waals surface area contributed by atoms with Gasteiger partial charge < -0.3 is 0 Å². The number of hydrogen-bond acceptors (Lipinski definition) is 3. The molecule has 10 heavy (non-hydrogen) atoms. The molecule has 0 amide bonds. The molecule has 0 aromatic rings. The van der Waals surface area contributed by atoms with Crippen LogP contribution in [0.15, 0.2) is 0 Å². The first-order valence-corrected chi connectivity index (χ1v) is 5.76. The first-order chi connectivity index (χ1) is 4.72. The minimum absolute atomic E-state index is 0.401. The molecule has 4 heteroatoms. The van der Waals surface area contributed by atoms with E-state index in [0.29, 0.717) is 26.7 Å². The topological polar surface area (TPSA) is 60.7 Å². The summed E-state index contributed by atoms with van der Waals surface area (Å²) < 4.78 is 0. The maximum atomic E-state index is 9.14. The Morgan fingerprint density at radius 3 is 2.50 bits per heavy atom. The Hall–Kier alpha value is 0.399. The van der Waals surface area contributed by atoms with Crippen LogP contribution in [0.25, 0.3) is 0 Å². The van der Waals surface area contributed by atoms with E-state index in [1.54, 1.807) is 0 Å². The number of hydrogen-bond donors (Lipinski definition) is 3. The van der Waals surface area contributed by atoms with Gasteiger partial charge in [-0.2, -0.15) is 0 Å². The summed E-state index contributed by atoms with van der Waals surface area (Å²) in [6.45, 7) is 0. The van der Waals surface area contributed by atoms with Crippen LogP contribution in [0.5, 0.6) is 0 Å². The summed E-state index contributed by atoms with van der Waals surface area (Å²) in [5, 5.41) is 29.0. The zero-order chi connectivity index (χ0) is 7.56. The second-order valence-corrected chi connectivity index (χ2v) is 4.90. The Bertz CT molecular complexity index is 97.2. The van der Waals surface area contributed by atoms with Crippen molar-refractivity contribution in [3.05, 3.63) is 0 Å². The van der Waals surface area contributed by atoms with Crippen LogP contribution in [-0.2, 0) is 0 Å². The monoisotopic (exact) mass is 212 g/mol. The van der Waals surface area contributed by atoms with Crippen molar-refractivity contribution in [1.29, 1.82) is 0 Å². The molecule has 0 bridgehead atoms. The first kappa shape index (κ1) is 8.50. The van der Waals surface area contributed by atoms with Crippen LogP contribution in [0, 0.1) is 0 Å². The molecule has 1 heterocycles. The van der Waals surface area contributed by atoms with E-state index in [9.17, 15) is 0 Å². The van der Waals surface area contributed by atoms with Crippen LogP contribution in [-0.4, -0.2) is 48.6 Å². The molecule has 3 atom stereocenters. The second-order valence-electron chi connectivity index (χ2n) is 2.49. The van der Waals surface area contributed by atoms with Gasteiger partial charge in [-0.05, 0) is 0 Å². The molecule has 1 saturated heterocycles. The van der Waals surface area contributed by atoms with Crippen molar-refractivity contribution >= 4 is 15.0 Å². The molecule has 3 nitrogen and oxygen atoms in total. The van der Waals surface area contributed by atoms with Gasteiger partial charge in [-0.25, -0.2) is 0 Å². The summed E-state index contributed by atoms with van der Waals surface area (Å²) in [4.78, 5) is 0. The molecule has 1 aliphatic heterocycles. The van der Waals surface area contributed by atoms with E-state index in [2.05, 4.69) is 0 Å². The minimum atomic E-state index is -0.913. The molecular weight excluding hydrogens is 199 g/mol. The average Bonchev–Trinajstić information content (AvgIpc) is 2.04. The van der Waals surface area contributed by atoms with E-state index in [4.69, 9.17) is 15.3 Å². The van der Waals surface area contributed by atoms with Gasteiger partial charge in [0.2, 0.25) is 0 Å². The molecular formula is C6H12O3Se. The first-order valence-electron chi connectivity index (χ1n) is 3.34. The molecule has 0 spiro atoms. The average molecular weight is 211 g/mol. The molecule has 3 N–H and O–H groups in total. The van der Waals surface area contributed by atoms with Gasteiger partial charge in [-0.15, -0.1) is 0 Å². The SMILES string of the molecule is OC1CC[Se]CC(O)C1O. The molecule has 1 aliphatic rings. The summed E-state index contributed by atoms with van der Waals surface area (Å²) >= 11 is 0.401. The second kappa shape index (κ2) is 3.69. The molecule has 0 aliphatic carbocycles. The van der Waals surface area contributed by atoms with Gasteiger partial charge in [-0.3, -0.25) is 0 Å². The van der Waals surface area contributed by atoms with Gasteiger partial charge in [0.05, 0.1) is 0 Å². The van der Waals surface area contributed by atoms with E-state index < -0.39 is 18.3 Å².